The van der Waals surface area contributed by atoms with E-state index in [1.807, 2.05) is 11.8 Å². The maximum atomic E-state index is 14.4. The van der Waals surface area contributed by atoms with Crippen molar-refractivity contribution in [3.8, 4) is 23.7 Å². The third-order valence-electron chi connectivity index (χ3n) is 4.71. The van der Waals surface area contributed by atoms with Crippen molar-refractivity contribution in [2.75, 3.05) is 0 Å². The highest BCUT2D eigenvalue weighted by molar-refractivity contribution is 5.50. The molecule has 0 aromatic heterocycles. The van der Waals surface area contributed by atoms with Gasteiger partial charge in [0.1, 0.15) is 34.6 Å². The second-order valence-electron chi connectivity index (χ2n) is 7.27. The van der Waals surface area contributed by atoms with Gasteiger partial charge in [-0.3, -0.25) is 0 Å². The molecule has 0 fully saturated rings. The maximum absolute atomic E-state index is 14.4. The molecule has 0 bridgehead atoms. The van der Waals surface area contributed by atoms with Gasteiger partial charge >= 0.3 is 6.18 Å². The zero-order valence-corrected chi connectivity index (χ0v) is 17.8. The molecule has 35 heavy (non-hydrogen) atoms. The van der Waals surface area contributed by atoms with Crippen LogP contribution in [-0.2, 0) is 12.6 Å². The molecule has 178 valence electrons. The van der Waals surface area contributed by atoms with Gasteiger partial charge < -0.3 is 0 Å². The molecule has 3 aromatic carbocycles. The minimum atomic E-state index is -5.26. The topological polar surface area (TPSA) is 0 Å². The van der Waals surface area contributed by atoms with E-state index in [0.29, 0.717) is 25.0 Å². The molecule has 0 spiro atoms. The van der Waals surface area contributed by atoms with Crippen LogP contribution in [0.25, 0.3) is 0 Å². The summed E-state index contributed by atoms with van der Waals surface area (Å²) in [5.74, 6) is 2.22. The molecule has 3 aromatic rings. The first-order valence-electron chi connectivity index (χ1n) is 9.98. The number of hydrogen-bond donors (Lipinski definition) is 0. The Balaban J connectivity index is 1.87. The van der Waals surface area contributed by atoms with Gasteiger partial charge in [0.2, 0.25) is 0 Å². The fourth-order valence-corrected chi connectivity index (χ4v) is 3.04. The van der Waals surface area contributed by atoms with Crippen LogP contribution in [0.3, 0.4) is 0 Å². The molecule has 0 heterocycles. The average Bonchev–Trinajstić information content (AvgIpc) is 2.75. The summed E-state index contributed by atoms with van der Waals surface area (Å²) in [7, 11) is 0. The molecule has 0 amide bonds. The third-order valence-corrected chi connectivity index (χ3v) is 4.71. The van der Waals surface area contributed by atoms with E-state index in [4.69, 9.17) is 0 Å². The summed E-state index contributed by atoms with van der Waals surface area (Å²) in [5.41, 5.74) is -2.81. The molecule has 0 nitrogen and oxygen atoms in total. The van der Waals surface area contributed by atoms with Crippen molar-refractivity contribution in [1.82, 2.24) is 0 Å². The Morgan fingerprint density at radius 3 is 1.74 bits per heavy atom. The van der Waals surface area contributed by atoms with E-state index in [1.165, 1.54) is 12.1 Å². The lowest BCUT2D eigenvalue weighted by molar-refractivity contribution is -0.142. The molecular formula is C27H14F8. The average molecular weight is 490 g/mol. The first-order chi connectivity index (χ1) is 16.5. The van der Waals surface area contributed by atoms with Crippen LogP contribution in [0, 0.1) is 52.8 Å². The minimum Gasteiger partial charge on any atom is -0.206 e. The van der Waals surface area contributed by atoms with E-state index < -0.39 is 52.0 Å². The standard InChI is InChI=1S/C27H14F8/c1-2-3-4-16-5-8-19(21(28)11-16)9-6-17-12-22(29)20(23(30)13-17)10-7-18-14-24(31)26(25(32)15-18)27(33,34)35/h2,5,8,11-15H,1,3-4H2. The van der Waals surface area contributed by atoms with Crippen LogP contribution >= 0.6 is 0 Å². The highest BCUT2D eigenvalue weighted by atomic mass is 19.4. The Bertz CT molecular complexity index is 1360. The molecule has 0 aliphatic rings. The lowest BCUT2D eigenvalue weighted by Crippen LogP contribution is -2.11. The first-order valence-corrected chi connectivity index (χ1v) is 9.98. The third kappa shape index (κ3) is 6.30. The Morgan fingerprint density at radius 1 is 0.686 bits per heavy atom. The molecule has 3 rings (SSSR count). The van der Waals surface area contributed by atoms with Crippen molar-refractivity contribution in [2.45, 2.75) is 19.0 Å². The van der Waals surface area contributed by atoms with Crippen molar-refractivity contribution in [2.24, 2.45) is 0 Å². The zero-order chi connectivity index (χ0) is 25.8. The highest BCUT2D eigenvalue weighted by Gasteiger charge is 2.37. The molecule has 0 saturated heterocycles. The van der Waals surface area contributed by atoms with Gasteiger partial charge in [-0.25, -0.2) is 22.0 Å². The molecule has 0 aliphatic heterocycles. The summed E-state index contributed by atoms with van der Waals surface area (Å²) < 4.78 is 108. The van der Waals surface area contributed by atoms with Crippen molar-refractivity contribution >= 4 is 0 Å². The summed E-state index contributed by atoms with van der Waals surface area (Å²) in [6, 6.07) is 6.69. The van der Waals surface area contributed by atoms with E-state index in [0.717, 1.165) is 17.7 Å². The SMILES string of the molecule is C=CCCc1ccc(C#Cc2cc(F)c(C#Cc3cc(F)c(C(F)(F)F)c(F)c3)c(F)c2)c(F)c1. The van der Waals surface area contributed by atoms with Crippen LogP contribution in [0.1, 0.15) is 39.8 Å². The Hall–Kier alpha value is -4.04. The number of alkyl halides is 3. The van der Waals surface area contributed by atoms with Crippen LogP contribution in [0.5, 0.6) is 0 Å². The number of hydrogen-bond acceptors (Lipinski definition) is 0. The molecule has 0 radical (unpaired) electrons. The molecule has 0 unspecified atom stereocenters. The Kier molecular flexibility index (Phi) is 7.66. The lowest BCUT2D eigenvalue weighted by atomic mass is 10.1. The van der Waals surface area contributed by atoms with Crippen LogP contribution in [0.4, 0.5) is 35.1 Å². The van der Waals surface area contributed by atoms with Gasteiger partial charge in [-0.1, -0.05) is 35.8 Å². The van der Waals surface area contributed by atoms with Gasteiger partial charge in [-0.05, 0) is 54.8 Å². The van der Waals surface area contributed by atoms with Gasteiger partial charge in [0, 0.05) is 11.1 Å². The van der Waals surface area contributed by atoms with Crippen LogP contribution in [0.15, 0.2) is 55.1 Å². The first kappa shape index (κ1) is 25.6. The van der Waals surface area contributed by atoms with E-state index >= 15 is 0 Å². The Morgan fingerprint density at radius 2 is 1.23 bits per heavy atom. The quantitative estimate of drug-likeness (QED) is 0.205. The molecular weight excluding hydrogens is 476 g/mol. The molecule has 0 aliphatic carbocycles. The van der Waals surface area contributed by atoms with Gasteiger partial charge in [0.25, 0.3) is 0 Å². The van der Waals surface area contributed by atoms with Gasteiger partial charge in [0.05, 0.1) is 11.1 Å². The van der Waals surface area contributed by atoms with Crippen molar-refractivity contribution in [3.05, 3.63) is 118 Å². The van der Waals surface area contributed by atoms with E-state index in [2.05, 4.69) is 18.4 Å². The number of aryl methyl sites for hydroxylation is 1. The second-order valence-corrected chi connectivity index (χ2v) is 7.27. The normalized spacial score (nSPS) is 10.7. The van der Waals surface area contributed by atoms with Crippen LogP contribution < -0.4 is 0 Å². The minimum absolute atomic E-state index is 0.0170. The fourth-order valence-electron chi connectivity index (χ4n) is 3.04. The monoisotopic (exact) mass is 490 g/mol. The summed E-state index contributed by atoms with van der Waals surface area (Å²) in [5, 5.41) is 0. The van der Waals surface area contributed by atoms with Crippen LogP contribution in [0.2, 0.25) is 0 Å². The summed E-state index contributed by atoms with van der Waals surface area (Å²) in [4.78, 5) is 0. The van der Waals surface area contributed by atoms with Gasteiger partial charge in [-0.2, -0.15) is 13.2 Å². The fraction of sp³-hybridized carbons (Fsp3) is 0.111. The van der Waals surface area contributed by atoms with Crippen LogP contribution in [-0.4, -0.2) is 0 Å². The Labute approximate surface area is 195 Å². The number of benzene rings is 3. The van der Waals surface area contributed by atoms with Crippen molar-refractivity contribution < 1.29 is 35.1 Å². The molecule has 0 atom stereocenters. The van der Waals surface area contributed by atoms with E-state index in [-0.39, 0.29) is 11.1 Å². The smallest absolute Gasteiger partial charge is 0.206 e. The van der Waals surface area contributed by atoms with Gasteiger partial charge in [0.15, 0.2) is 0 Å². The van der Waals surface area contributed by atoms with Crippen molar-refractivity contribution in [1.29, 1.82) is 0 Å². The van der Waals surface area contributed by atoms with Gasteiger partial charge in [-0.15, -0.1) is 6.58 Å². The van der Waals surface area contributed by atoms with E-state index in [1.54, 1.807) is 12.1 Å². The predicted octanol–water partition coefficient (Wildman–Crippen LogP) is 7.32. The molecule has 0 saturated carbocycles. The summed E-state index contributed by atoms with van der Waals surface area (Å²) >= 11 is 0. The second kappa shape index (κ2) is 10.5. The van der Waals surface area contributed by atoms with Crippen molar-refractivity contribution in [3.63, 3.8) is 0 Å². The molecule has 0 N–H and O–H groups in total. The number of allylic oxidation sites excluding steroid dienone is 1. The molecule has 8 heteroatoms. The largest absolute Gasteiger partial charge is 0.422 e. The summed E-state index contributed by atoms with van der Waals surface area (Å²) in [6.07, 6.45) is -2.30. The van der Waals surface area contributed by atoms with E-state index in [9.17, 15) is 35.1 Å². The predicted molar refractivity (Wildman–Crippen MR) is 115 cm³/mol. The highest BCUT2D eigenvalue weighted by Crippen LogP contribution is 2.33. The number of halogens is 8. The maximum Gasteiger partial charge on any atom is 0.422 e. The summed E-state index contributed by atoms with van der Waals surface area (Å²) in [6.45, 7) is 3.59. The zero-order valence-electron chi connectivity index (χ0n) is 17.8. The number of rotatable bonds is 3. The lowest BCUT2D eigenvalue weighted by Gasteiger charge is -2.09.